The van der Waals surface area contributed by atoms with E-state index >= 15 is 0 Å². The van der Waals surface area contributed by atoms with Crippen LogP contribution in [0.25, 0.3) is 0 Å². The molecule has 0 saturated carbocycles. The summed E-state index contributed by atoms with van der Waals surface area (Å²) in [6, 6.07) is 11.6. The number of rotatable bonds is 8. The van der Waals surface area contributed by atoms with Crippen molar-refractivity contribution in [3.05, 3.63) is 47.5 Å². The van der Waals surface area contributed by atoms with E-state index in [-0.39, 0.29) is 17.8 Å². The number of carbonyl (C=O) groups excluding carboxylic acids is 1. The predicted molar refractivity (Wildman–Crippen MR) is 104 cm³/mol. The second-order valence-electron chi connectivity index (χ2n) is 6.78. The summed E-state index contributed by atoms with van der Waals surface area (Å²) in [7, 11) is 6.43. The molecule has 2 aromatic carbocycles. The van der Waals surface area contributed by atoms with Crippen molar-refractivity contribution in [2.45, 2.75) is 12.8 Å². The van der Waals surface area contributed by atoms with Gasteiger partial charge in [0.05, 0.1) is 41.0 Å². The molecule has 0 radical (unpaired) electrons. The van der Waals surface area contributed by atoms with Gasteiger partial charge in [0.2, 0.25) is 0 Å². The van der Waals surface area contributed by atoms with Crippen molar-refractivity contribution in [1.82, 2.24) is 0 Å². The summed E-state index contributed by atoms with van der Waals surface area (Å²) >= 11 is 0. The van der Waals surface area contributed by atoms with Crippen molar-refractivity contribution in [2.24, 2.45) is 11.8 Å². The predicted octanol–water partition coefficient (Wildman–Crippen LogP) is 3.30. The number of esters is 1. The molecule has 1 aliphatic heterocycles. The zero-order valence-corrected chi connectivity index (χ0v) is 16.7. The Balaban J connectivity index is 1.76. The van der Waals surface area contributed by atoms with Gasteiger partial charge in [-0.15, -0.1) is 0 Å². The normalized spacial score (nSPS) is 18.5. The molecule has 1 fully saturated rings. The molecule has 0 spiro atoms. The molecule has 6 heteroatoms. The third-order valence-corrected chi connectivity index (χ3v) is 5.16. The van der Waals surface area contributed by atoms with Crippen LogP contribution in [0.2, 0.25) is 0 Å². The molecule has 2 aromatic rings. The first-order valence-electron chi connectivity index (χ1n) is 9.18. The van der Waals surface area contributed by atoms with E-state index in [0.717, 1.165) is 17.5 Å². The van der Waals surface area contributed by atoms with Gasteiger partial charge < -0.3 is 23.7 Å². The number of hydrogen-bond acceptors (Lipinski definition) is 6. The van der Waals surface area contributed by atoms with E-state index in [1.165, 1.54) is 0 Å². The zero-order valence-electron chi connectivity index (χ0n) is 16.7. The van der Waals surface area contributed by atoms with Crippen LogP contribution in [0.15, 0.2) is 36.4 Å². The number of carbonyl (C=O) groups is 1. The van der Waals surface area contributed by atoms with Crippen LogP contribution in [0.3, 0.4) is 0 Å². The Morgan fingerprint density at radius 3 is 1.79 bits per heavy atom. The van der Waals surface area contributed by atoms with E-state index in [2.05, 4.69) is 0 Å². The van der Waals surface area contributed by atoms with Gasteiger partial charge in [0.25, 0.3) is 0 Å². The first-order valence-corrected chi connectivity index (χ1v) is 9.18. The first-order chi connectivity index (χ1) is 13.6. The fourth-order valence-electron chi connectivity index (χ4n) is 3.63. The highest BCUT2D eigenvalue weighted by Gasteiger charge is 2.37. The number of methoxy groups -OCH3 is 4. The lowest BCUT2D eigenvalue weighted by Crippen LogP contribution is -2.20. The maximum absolute atomic E-state index is 12.4. The summed E-state index contributed by atoms with van der Waals surface area (Å²) in [6.07, 6.45) is 1.32. The van der Waals surface area contributed by atoms with Gasteiger partial charge in [0.1, 0.15) is 0 Å². The van der Waals surface area contributed by atoms with Crippen LogP contribution < -0.4 is 18.9 Å². The minimum Gasteiger partial charge on any atom is -0.493 e. The molecule has 0 N–H and O–H groups in total. The van der Waals surface area contributed by atoms with Crippen molar-refractivity contribution in [2.75, 3.05) is 35.0 Å². The van der Waals surface area contributed by atoms with Crippen LogP contribution in [0.4, 0.5) is 0 Å². The molecular formula is C22H26O6. The monoisotopic (exact) mass is 386 g/mol. The highest BCUT2D eigenvalue weighted by molar-refractivity contribution is 5.75. The summed E-state index contributed by atoms with van der Waals surface area (Å²) in [5.74, 6) is 2.43. The fraction of sp³-hybridized carbons (Fsp3) is 0.409. The lowest BCUT2D eigenvalue weighted by molar-refractivity contribution is -0.141. The van der Waals surface area contributed by atoms with Crippen LogP contribution in [0.5, 0.6) is 23.0 Å². The fourth-order valence-corrected chi connectivity index (χ4v) is 3.63. The Kier molecular flexibility index (Phi) is 6.29. The van der Waals surface area contributed by atoms with Gasteiger partial charge in [0, 0.05) is 5.92 Å². The molecule has 3 rings (SSSR count). The topological polar surface area (TPSA) is 63.2 Å². The summed E-state index contributed by atoms with van der Waals surface area (Å²) < 4.78 is 26.7. The quantitative estimate of drug-likeness (QED) is 0.649. The van der Waals surface area contributed by atoms with Crippen LogP contribution in [-0.4, -0.2) is 41.0 Å². The molecule has 1 heterocycles. The molecule has 150 valence electrons. The molecule has 0 aromatic heterocycles. The van der Waals surface area contributed by atoms with Crippen LogP contribution in [0.1, 0.15) is 11.1 Å². The molecule has 0 aliphatic carbocycles. The third kappa shape index (κ3) is 4.16. The van der Waals surface area contributed by atoms with Crippen molar-refractivity contribution in [3.63, 3.8) is 0 Å². The molecule has 28 heavy (non-hydrogen) atoms. The smallest absolute Gasteiger partial charge is 0.309 e. The Morgan fingerprint density at radius 2 is 1.29 bits per heavy atom. The van der Waals surface area contributed by atoms with Crippen molar-refractivity contribution >= 4 is 5.97 Å². The van der Waals surface area contributed by atoms with Crippen LogP contribution in [-0.2, 0) is 22.4 Å². The summed E-state index contributed by atoms with van der Waals surface area (Å²) in [6.45, 7) is 0.422. The van der Waals surface area contributed by atoms with E-state index in [9.17, 15) is 4.79 Å². The van der Waals surface area contributed by atoms with Gasteiger partial charge in [0.15, 0.2) is 23.0 Å². The van der Waals surface area contributed by atoms with E-state index in [4.69, 9.17) is 23.7 Å². The minimum atomic E-state index is -0.203. The van der Waals surface area contributed by atoms with E-state index < -0.39 is 0 Å². The summed E-state index contributed by atoms with van der Waals surface area (Å²) in [4.78, 5) is 12.4. The van der Waals surface area contributed by atoms with E-state index in [0.29, 0.717) is 36.0 Å². The van der Waals surface area contributed by atoms with Crippen molar-refractivity contribution in [1.29, 1.82) is 0 Å². The van der Waals surface area contributed by atoms with E-state index in [1.807, 2.05) is 36.4 Å². The average Bonchev–Trinajstić information content (AvgIpc) is 3.06. The van der Waals surface area contributed by atoms with Gasteiger partial charge in [-0.05, 0) is 48.2 Å². The van der Waals surface area contributed by atoms with Crippen molar-refractivity contribution < 1.29 is 28.5 Å². The van der Waals surface area contributed by atoms with Gasteiger partial charge >= 0.3 is 5.97 Å². The highest BCUT2D eigenvalue weighted by atomic mass is 16.5. The first kappa shape index (κ1) is 19.9. The van der Waals surface area contributed by atoms with Crippen LogP contribution in [0, 0.1) is 11.8 Å². The zero-order chi connectivity index (χ0) is 20.1. The maximum atomic E-state index is 12.4. The standard InChI is InChI=1S/C22H26O6/c1-24-18-7-5-14(11-20(18)26-3)9-16-13-28-22(23)17(16)10-15-6-8-19(25-2)21(12-15)27-4/h5-8,11-12,16-17H,9-10,13H2,1-4H3/t16-,17-/m0/s1. The lowest BCUT2D eigenvalue weighted by Gasteiger charge is -2.17. The molecule has 6 nitrogen and oxygen atoms in total. The number of cyclic esters (lactones) is 1. The summed E-state index contributed by atoms with van der Waals surface area (Å²) in [5.41, 5.74) is 2.09. The van der Waals surface area contributed by atoms with E-state index in [1.54, 1.807) is 28.4 Å². The van der Waals surface area contributed by atoms with Gasteiger partial charge in [-0.1, -0.05) is 12.1 Å². The molecule has 0 unspecified atom stereocenters. The number of ether oxygens (including phenoxy) is 5. The van der Waals surface area contributed by atoms with Gasteiger partial charge in [-0.2, -0.15) is 0 Å². The summed E-state index contributed by atoms with van der Waals surface area (Å²) in [5, 5.41) is 0. The SMILES string of the molecule is COc1ccc(C[C@H]2COC(=O)[C@H]2Cc2ccc(OC)c(OC)c2)cc1OC. The lowest BCUT2D eigenvalue weighted by atomic mass is 9.85. The Labute approximate surface area is 165 Å². The molecule has 0 amide bonds. The molecular weight excluding hydrogens is 360 g/mol. The minimum absolute atomic E-state index is 0.0960. The Bertz CT molecular complexity index is 832. The Morgan fingerprint density at radius 1 is 0.786 bits per heavy atom. The molecule has 2 atom stereocenters. The number of hydrogen-bond donors (Lipinski definition) is 0. The van der Waals surface area contributed by atoms with Crippen LogP contribution >= 0.6 is 0 Å². The second kappa shape index (κ2) is 8.87. The average molecular weight is 386 g/mol. The number of benzene rings is 2. The van der Waals surface area contributed by atoms with Gasteiger partial charge in [-0.25, -0.2) is 0 Å². The second-order valence-corrected chi connectivity index (χ2v) is 6.78. The molecule has 0 bridgehead atoms. The largest absolute Gasteiger partial charge is 0.493 e. The van der Waals surface area contributed by atoms with Gasteiger partial charge in [-0.3, -0.25) is 4.79 Å². The molecule has 1 aliphatic rings. The highest BCUT2D eigenvalue weighted by Crippen LogP contribution is 2.34. The Hall–Kier alpha value is -2.89. The van der Waals surface area contributed by atoms with Crippen molar-refractivity contribution in [3.8, 4) is 23.0 Å². The maximum Gasteiger partial charge on any atom is 0.309 e. The third-order valence-electron chi connectivity index (χ3n) is 5.16. The molecule has 1 saturated heterocycles.